The molecule has 0 radical (unpaired) electrons. The summed E-state index contributed by atoms with van der Waals surface area (Å²) in [5.74, 6) is -0.839. The Balaban J connectivity index is 1.60. The van der Waals surface area contributed by atoms with Gasteiger partial charge in [0.1, 0.15) is 0 Å². The van der Waals surface area contributed by atoms with Crippen LogP contribution >= 0.6 is 0 Å². The monoisotopic (exact) mass is 446 g/mol. The van der Waals surface area contributed by atoms with Gasteiger partial charge in [0.2, 0.25) is 11.8 Å². The molecule has 2 heterocycles. The number of sulfonamides is 1. The maximum Gasteiger partial charge on any atom is 0.260 e. The molecule has 0 spiro atoms. The highest BCUT2D eigenvalue weighted by Gasteiger charge is 2.33. The van der Waals surface area contributed by atoms with E-state index in [2.05, 4.69) is 10.3 Å². The van der Waals surface area contributed by atoms with Gasteiger partial charge < -0.3 is 16.2 Å². The van der Waals surface area contributed by atoms with E-state index in [1.807, 2.05) is 0 Å². The molecule has 1 aliphatic heterocycles. The molecule has 9 nitrogen and oxygen atoms in total. The van der Waals surface area contributed by atoms with Gasteiger partial charge in [-0.25, -0.2) is 13.4 Å². The van der Waals surface area contributed by atoms with E-state index in [9.17, 15) is 23.1 Å². The van der Waals surface area contributed by atoms with E-state index in [4.69, 9.17) is 5.73 Å². The lowest BCUT2D eigenvalue weighted by atomic mass is 10.0. The maximum atomic E-state index is 12.8. The highest BCUT2D eigenvalue weighted by atomic mass is 32.2. The van der Waals surface area contributed by atoms with Crippen LogP contribution < -0.4 is 11.1 Å². The number of aliphatic hydroxyl groups is 1. The fourth-order valence-electron chi connectivity index (χ4n) is 3.63. The van der Waals surface area contributed by atoms with Crippen LogP contribution in [0.4, 0.5) is 0 Å². The van der Waals surface area contributed by atoms with Crippen molar-refractivity contribution >= 4 is 21.8 Å². The van der Waals surface area contributed by atoms with E-state index < -0.39 is 28.1 Å². The number of benzene rings is 1. The SMILES string of the molecule is NC(=O)c1ccccc1CCC(=O)NC1CCCN(S(=O)(=O)c2ccccn2)C[C@@H]1O. The Kier molecular flexibility index (Phi) is 7.37. The summed E-state index contributed by atoms with van der Waals surface area (Å²) < 4.78 is 26.8. The number of nitrogens with two attached hydrogens (primary N) is 1. The summed E-state index contributed by atoms with van der Waals surface area (Å²) >= 11 is 0. The number of hydrogen-bond donors (Lipinski definition) is 3. The second kappa shape index (κ2) is 9.99. The largest absolute Gasteiger partial charge is 0.390 e. The molecule has 2 amide bonds. The zero-order valence-electron chi connectivity index (χ0n) is 17.0. The number of hydrogen-bond acceptors (Lipinski definition) is 6. The summed E-state index contributed by atoms with van der Waals surface area (Å²) in [7, 11) is -3.82. The summed E-state index contributed by atoms with van der Waals surface area (Å²) in [5.41, 5.74) is 6.42. The van der Waals surface area contributed by atoms with E-state index in [-0.39, 0.29) is 30.4 Å². The predicted molar refractivity (Wildman–Crippen MR) is 113 cm³/mol. The third-order valence-electron chi connectivity index (χ3n) is 5.27. The highest BCUT2D eigenvalue weighted by molar-refractivity contribution is 7.89. The Morgan fingerprint density at radius 2 is 1.94 bits per heavy atom. The van der Waals surface area contributed by atoms with Gasteiger partial charge in [0.25, 0.3) is 10.0 Å². The number of aryl methyl sites for hydroxylation is 1. The molecule has 1 fully saturated rings. The first kappa shape index (κ1) is 22.9. The van der Waals surface area contributed by atoms with Gasteiger partial charge in [-0.3, -0.25) is 9.59 Å². The molecule has 0 saturated carbocycles. The molecule has 10 heteroatoms. The molecular weight excluding hydrogens is 420 g/mol. The number of aliphatic hydroxyl groups excluding tert-OH is 1. The van der Waals surface area contributed by atoms with Crippen molar-refractivity contribution in [1.82, 2.24) is 14.6 Å². The molecule has 1 unspecified atom stereocenters. The van der Waals surface area contributed by atoms with Gasteiger partial charge in [0, 0.05) is 31.3 Å². The molecule has 2 aromatic rings. The van der Waals surface area contributed by atoms with Crippen LogP contribution in [0, 0.1) is 0 Å². The van der Waals surface area contributed by atoms with Crippen molar-refractivity contribution in [2.24, 2.45) is 5.73 Å². The molecule has 166 valence electrons. The molecule has 0 bridgehead atoms. The third kappa shape index (κ3) is 5.66. The van der Waals surface area contributed by atoms with E-state index in [1.165, 1.54) is 16.6 Å². The second-order valence-electron chi connectivity index (χ2n) is 7.44. The van der Waals surface area contributed by atoms with Crippen LogP contribution in [0.25, 0.3) is 0 Å². The molecule has 31 heavy (non-hydrogen) atoms. The van der Waals surface area contributed by atoms with Crippen molar-refractivity contribution in [2.45, 2.75) is 42.9 Å². The molecule has 1 saturated heterocycles. The van der Waals surface area contributed by atoms with Gasteiger partial charge >= 0.3 is 0 Å². The van der Waals surface area contributed by atoms with Crippen molar-refractivity contribution < 1.29 is 23.1 Å². The van der Waals surface area contributed by atoms with Crippen LogP contribution in [0.3, 0.4) is 0 Å². The van der Waals surface area contributed by atoms with E-state index in [0.29, 0.717) is 30.4 Å². The van der Waals surface area contributed by atoms with E-state index >= 15 is 0 Å². The number of aromatic nitrogens is 1. The number of amides is 2. The minimum Gasteiger partial charge on any atom is -0.390 e. The van der Waals surface area contributed by atoms with Gasteiger partial charge in [0.15, 0.2) is 5.03 Å². The zero-order valence-corrected chi connectivity index (χ0v) is 17.8. The van der Waals surface area contributed by atoms with Crippen LogP contribution in [0.1, 0.15) is 35.2 Å². The first-order valence-corrected chi connectivity index (χ1v) is 11.5. The first-order chi connectivity index (χ1) is 14.8. The number of pyridine rings is 1. The summed E-state index contributed by atoms with van der Waals surface area (Å²) in [5, 5.41) is 13.3. The zero-order chi connectivity index (χ0) is 22.4. The normalized spacial score (nSPS) is 20.0. The summed E-state index contributed by atoms with van der Waals surface area (Å²) in [6, 6.07) is 10.9. The molecule has 1 aliphatic rings. The Morgan fingerprint density at radius 3 is 2.65 bits per heavy atom. The Bertz CT molecular complexity index is 1030. The van der Waals surface area contributed by atoms with Crippen LogP contribution in [-0.2, 0) is 21.2 Å². The van der Waals surface area contributed by atoms with Crippen molar-refractivity contribution in [1.29, 1.82) is 0 Å². The van der Waals surface area contributed by atoms with Gasteiger partial charge in [-0.2, -0.15) is 4.31 Å². The molecule has 3 rings (SSSR count). The topological polar surface area (TPSA) is 143 Å². The average Bonchev–Trinajstić information content (AvgIpc) is 2.95. The summed E-state index contributed by atoms with van der Waals surface area (Å²) in [6.45, 7) is 0.0999. The summed E-state index contributed by atoms with van der Waals surface area (Å²) in [6.07, 6.45) is 1.72. The molecule has 4 N–H and O–H groups in total. The van der Waals surface area contributed by atoms with Crippen molar-refractivity contribution in [3.63, 3.8) is 0 Å². The highest BCUT2D eigenvalue weighted by Crippen LogP contribution is 2.20. The fourth-order valence-corrected chi connectivity index (χ4v) is 5.06. The third-order valence-corrected chi connectivity index (χ3v) is 7.05. The number of nitrogens with one attached hydrogen (secondary N) is 1. The standard InChI is InChI=1S/C21H26N4O5S/c22-21(28)16-7-2-1-6-15(16)10-11-19(27)24-17-8-5-13-25(14-18(17)26)31(29,30)20-9-3-4-12-23-20/h1-4,6-7,9,12,17-18,26H,5,8,10-11,13-14H2,(H2,22,28)(H,24,27)/t17?,18-/m0/s1. The number of carbonyl (C=O) groups excluding carboxylic acids is 2. The van der Waals surface area contributed by atoms with Crippen LogP contribution in [0.15, 0.2) is 53.7 Å². The van der Waals surface area contributed by atoms with Gasteiger partial charge in [-0.05, 0) is 43.0 Å². The van der Waals surface area contributed by atoms with Gasteiger partial charge in [-0.15, -0.1) is 0 Å². The number of rotatable bonds is 7. The molecular formula is C21H26N4O5S. The van der Waals surface area contributed by atoms with Gasteiger partial charge in [0.05, 0.1) is 12.1 Å². The Hall–Kier alpha value is -2.82. The predicted octanol–water partition coefficient (Wildman–Crippen LogP) is 0.444. The molecule has 0 aliphatic carbocycles. The quantitative estimate of drug-likeness (QED) is 0.563. The second-order valence-corrected chi connectivity index (χ2v) is 9.32. The molecule has 1 aromatic heterocycles. The Morgan fingerprint density at radius 1 is 1.19 bits per heavy atom. The fraction of sp³-hybridized carbons (Fsp3) is 0.381. The lowest BCUT2D eigenvalue weighted by molar-refractivity contribution is -0.122. The van der Waals surface area contributed by atoms with E-state index in [0.717, 1.165) is 0 Å². The van der Waals surface area contributed by atoms with Gasteiger partial charge in [-0.1, -0.05) is 24.3 Å². The maximum absolute atomic E-state index is 12.8. The lowest BCUT2D eigenvalue weighted by Crippen LogP contribution is -2.47. The molecule has 2 atom stereocenters. The Labute approximate surface area is 181 Å². The van der Waals surface area contributed by atoms with Crippen LogP contribution in [0.2, 0.25) is 0 Å². The van der Waals surface area contributed by atoms with Crippen molar-refractivity contribution in [3.05, 3.63) is 59.8 Å². The van der Waals surface area contributed by atoms with Crippen LogP contribution in [-0.4, -0.2) is 59.9 Å². The van der Waals surface area contributed by atoms with Crippen molar-refractivity contribution in [3.8, 4) is 0 Å². The number of primary amides is 1. The molecule has 1 aromatic carbocycles. The van der Waals surface area contributed by atoms with Crippen LogP contribution in [0.5, 0.6) is 0 Å². The minimum atomic E-state index is -3.82. The minimum absolute atomic E-state index is 0.0715. The summed E-state index contributed by atoms with van der Waals surface area (Å²) in [4.78, 5) is 27.9. The lowest BCUT2D eigenvalue weighted by Gasteiger charge is -2.24. The number of β-amino-alcohol motifs (C(OH)–C–C–N with tert-alkyl or cyclic N) is 1. The average molecular weight is 447 g/mol. The van der Waals surface area contributed by atoms with E-state index in [1.54, 1.807) is 36.4 Å². The number of nitrogens with zero attached hydrogens (tertiary/aromatic N) is 2. The number of carbonyl (C=O) groups is 2. The van der Waals surface area contributed by atoms with Crippen molar-refractivity contribution in [2.75, 3.05) is 13.1 Å². The first-order valence-electron chi connectivity index (χ1n) is 10.1. The smallest absolute Gasteiger partial charge is 0.260 e.